The van der Waals surface area contributed by atoms with Crippen molar-refractivity contribution in [3.63, 3.8) is 0 Å². The summed E-state index contributed by atoms with van der Waals surface area (Å²) < 4.78 is 39.0. The number of phenolic OH excluding ortho intramolecular Hbond substituents is 1. The third-order valence-electron chi connectivity index (χ3n) is 3.80. The number of aromatic hydroxyl groups is 1. The van der Waals surface area contributed by atoms with Crippen LogP contribution in [0.3, 0.4) is 0 Å². The fourth-order valence-electron chi connectivity index (χ4n) is 2.45. The van der Waals surface area contributed by atoms with Crippen molar-refractivity contribution in [3.05, 3.63) is 53.6 Å². The number of anilines is 2. The van der Waals surface area contributed by atoms with Gasteiger partial charge in [-0.1, -0.05) is 12.1 Å². The van der Waals surface area contributed by atoms with Crippen LogP contribution in [-0.4, -0.2) is 15.1 Å². The van der Waals surface area contributed by atoms with Crippen molar-refractivity contribution in [2.45, 2.75) is 6.18 Å². The van der Waals surface area contributed by atoms with Gasteiger partial charge in [0, 0.05) is 11.3 Å². The Balaban J connectivity index is 2.24. The lowest BCUT2D eigenvalue weighted by atomic mass is 10.0. The number of nitrogens with zero attached hydrogens (tertiary/aromatic N) is 3. The number of rotatable bonds is 2. The van der Waals surface area contributed by atoms with Crippen molar-refractivity contribution < 1.29 is 18.3 Å². The van der Waals surface area contributed by atoms with Crippen LogP contribution in [-0.2, 0) is 6.18 Å². The predicted molar refractivity (Wildman–Crippen MR) is 93.1 cm³/mol. The molecule has 0 amide bonds. The molecule has 9 heteroatoms. The van der Waals surface area contributed by atoms with E-state index in [4.69, 9.17) is 11.5 Å². The summed E-state index contributed by atoms with van der Waals surface area (Å²) in [6, 6.07) is 10.6. The molecule has 0 saturated carbocycles. The van der Waals surface area contributed by atoms with Gasteiger partial charge in [0.1, 0.15) is 23.2 Å². The van der Waals surface area contributed by atoms with Crippen LogP contribution >= 0.6 is 0 Å². The quantitative estimate of drug-likeness (QED) is 0.592. The van der Waals surface area contributed by atoms with E-state index >= 15 is 0 Å². The number of alkyl halides is 3. The molecular formula is C18H12F3N5O. The summed E-state index contributed by atoms with van der Waals surface area (Å²) in [6.45, 7) is 0. The van der Waals surface area contributed by atoms with Crippen molar-refractivity contribution >= 4 is 11.5 Å². The lowest BCUT2D eigenvalue weighted by molar-refractivity contribution is -0.137. The standard InChI is InChI=1S/C18H12F3N5O/c19-18(20,21)10-3-6-14(27)12(7-10)17-25-15(13(8-22)16(24)26-17)9-1-4-11(23)5-2-9/h1-7,27H,23H2,(H2,24,25,26). The average Bonchev–Trinajstić information content (AvgIpc) is 2.61. The molecule has 0 aliphatic rings. The highest BCUT2D eigenvalue weighted by Gasteiger charge is 2.31. The third-order valence-corrected chi connectivity index (χ3v) is 3.80. The molecule has 0 bridgehead atoms. The maximum atomic E-state index is 13.0. The molecule has 3 rings (SSSR count). The molecule has 5 N–H and O–H groups in total. The summed E-state index contributed by atoms with van der Waals surface area (Å²) in [6.07, 6.45) is -4.61. The molecule has 6 nitrogen and oxygen atoms in total. The molecule has 1 heterocycles. The first kappa shape index (κ1) is 18.0. The van der Waals surface area contributed by atoms with E-state index in [0.29, 0.717) is 11.3 Å². The topological polar surface area (TPSA) is 122 Å². The molecule has 0 atom stereocenters. The molecule has 136 valence electrons. The third kappa shape index (κ3) is 3.46. The van der Waals surface area contributed by atoms with Crippen LogP contribution in [0, 0.1) is 11.3 Å². The second-order valence-corrected chi connectivity index (χ2v) is 5.62. The predicted octanol–water partition coefficient (Wildman–Crippen LogP) is 3.57. The largest absolute Gasteiger partial charge is 0.507 e. The highest BCUT2D eigenvalue weighted by atomic mass is 19.4. The van der Waals surface area contributed by atoms with E-state index in [1.165, 1.54) is 0 Å². The number of aromatic nitrogens is 2. The van der Waals surface area contributed by atoms with Crippen molar-refractivity contribution in [3.8, 4) is 34.5 Å². The Morgan fingerprint density at radius 2 is 1.67 bits per heavy atom. The molecule has 0 unspecified atom stereocenters. The van der Waals surface area contributed by atoms with E-state index in [1.807, 2.05) is 6.07 Å². The fourth-order valence-corrected chi connectivity index (χ4v) is 2.45. The molecule has 0 radical (unpaired) electrons. The second kappa shape index (κ2) is 6.49. The number of phenols is 1. The molecule has 1 aromatic heterocycles. The van der Waals surface area contributed by atoms with Crippen LogP contribution in [0.4, 0.5) is 24.7 Å². The van der Waals surface area contributed by atoms with E-state index in [9.17, 15) is 23.5 Å². The monoisotopic (exact) mass is 371 g/mol. The number of hydrogen-bond donors (Lipinski definition) is 3. The first-order chi connectivity index (χ1) is 12.7. The fraction of sp³-hybridized carbons (Fsp3) is 0.0556. The van der Waals surface area contributed by atoms with Gasteiger partial charge in [0.2, 0.25) is 0 Å². The van der Waals surface area contributed by atoms with Crippen LogP contribution < -0.4 is 11.5 Å². The zero-order valence-electron chi connectivity index (χ0n) is 13.6. The van der Waals surface area contributed by atoms with Crippen LogP contribution in [0.1, 0.15) is 11.1 Å². The maximum Gasteiger partial charge on any atom is 0.416 e. The van der Waals surface area contributed by atoms with Crippen molar-refractivity contribution in [2.24, 2.45) is 0 Å². The Bertz CT molecular complexity index is 1060. The van der Waals surface area contributed by atoms with Crippen molar-refractivity contribution in [1.82, 2.24) is 9.97 Å². The number of benzene rings is 2. The molecule has 0 saturated heterocycles. The maximum absolute atomic E-state index is 13.0. The van der Waals surface area contributed by atoms with Crippen LogP contribution in [0.25, 0.3) is 22.6 Å². The van der Waals surface area contributed by atoms with E-state index in [1.54, 1.807) is 24.3 Å². The number of nitriles is 1. The molecule has 27 heavy (non-hydrogen) atoms. The molecule has 0 aliphatic heterocycles. The first-order valence-electron chi connectivity index (χ1n) is 7.55. The van der Waals surface area contributed by atoms with Crippen LogP contribution in [0.5, 0.6) is 5.75 Å². The van der Waals surface area contributed by atoms with Gasteiger partial charge in [-0.3, -0.25) is 0 Å². The van der Waals surface area contributed by atoms with E-state index in [2.05, 4.69) is 9.97 Å². The van der Waals surface area contributed by atoms with Gasteiger partial charge in [-0.2, -0.15) is 18.4 Å². The number of halogens is 3. The number of nitrogen functional groups attached to an aromatic ring is 2. The normalized spacial score (nSPS) is 11.2. The summed E-state index contributed by atoms with van der Waals surface area (Å²) in [5, 5.41) is 19.3. The Kier molecular flexibility index (Phi) is 4.33. The van der Waals surface area contributed by atoms with E-state index < -0.39 is 17.5 Å². The minimum absolute atomic E-state index is 0.0324. The van der Waals surface area contributed by atoms with Crippen LogP contribution in [0.2, 0.25) is 0 Å². The Morgan fingerprint density at radius 1 is 1.00 bits per heavy atom. The van der Waals surface area contributed by atoms with Gasteiger partial charge < -0.3 is 16.6 Å². The minimum Gasteiger partial charge on any atom is -0.507 e. The number of hydrogen-bond acceptors (Lipinski definition) is 6. The summed E-state index contributed by atoms with van der Waals surface area (Å²) >= 11 is 0. The van der Waals surface area contributed by atoms with E-state index in [0.717, 1.165) is 18.2 Å². The summed E-state index contributed by atoms with van der Waals surface area (Å²) in [4.78, 5) is 8.07. The van der Waals surface area contributed by atoms with Crippen molar-refractivity contribution in [2.75, 3.05) is 11.5 Å². The van der Waals surface area contributed by atoms with Crippen molar-refractivity contribution in [1.29, 1.82) is 5.26 Å². The van der Waals surface area contributed by atoms with Gasteiger partial charge in [-0.25, -0.2) is 9.97 Å². The Labute approximate surface area is 151 Å². The molecule has 2 aromatic carbocycles. The van der Waals surface area contributed by atoms with Gasteiger partial charge in [0.25, 0.3) is 0 Å². The number of nitrogens with two attached hydrogens (primary N) is 2. The lowest BCUT2D eigenvalue weighted by Crippen LogP contribution is -2.06. The summed E-state index contributed by atoms with van der Waals surface area (Å²) in [7, 11) is 0. The Morgan fingerprint density at radius 3 is 2.26 bits per heavy atom. The smallest absolute Gasteiger partial charge is 0.416 e. The van der Waals surface area contributed by atoms with Gasteiger partial charge >= 0.3 is 6.18 Å². The highest BCUT2D eigenvalue weighted by Crippen LogP contribution is 2.37. The second-order valence-electron chi connectivity index (χ2n) is 5.62. The van der Waals surface area contributed by atoms with Gasteiger partial charge in [-0.15, -0.1) is 0 Å². The van der Waals surface area contributed by atoms with E-state index in [-0.39, 0.29) is 28.5 Å². The molecule has 3 aromatic rings. The zero-order valence-corrected chi connectivity index (χ0v) is 13.6. The first-order valence-corrected chi connectivity index (χ1v) is 7.55. The summed E-state index contributed by atoms with van der Waals surface area (Å²) in [5.74, 6) is -0.900. The molecule has 0 aliphatic carbocycles. The lowest BCUT2D eigenvalue weighted by Gasteiger charge is -2.12. The zero-order chi connectivity index (χ0) is 19.8. The minimum atomic E-state index is -4.61. The average molecular weight is 371 g/mol. The molecule has 0 fully saturated rings. The summed E-state index contributed by atoms with van der Waals surface area (Å²) in [5.41, 5.74) is 11.3. The highest BCUT2D eigenvalue weighted by molar-refractivity contribution is 5.77. The van der Waals surface area contributed by atoms with Gasteiger partial charge in [-0.05, 0) is 30.3 Å². The molecule has 0 spiro atoms. The SMILES string of the molecule is N#Cc1c(N)nc(-c2cc(C(F)(F)F)ccc2O)nc1-c1ccc(N)cc1. The van der Waals surface area contributed by atoms with Gasteiger partial charge in [0.05, 0.1) is 16.8 Å². The van der Waals surface area contributed by atoms with Crippen LogP contribution in [0.15, 0.2) is 42.5 Å². The molecular weight excluding hydrogens is 359 g/mol. The Hall–Kier alpha value is -3.80. The van der Waals surface area contributed by atoms with Gasteiger partial charge in [0.15, 0.2) is 5.82 Å².